The molecule has 1 aromatic carbocycles. The van der Waals surface area contributed by atoms with Crippen LogP contribution in [0.1, 0.15) is 31.2 Å². The quantitative estimate of drug-likeness (QED) is 0.680. The number of nitrogens with zero attached hydrogens (tertiary/aromatic N) is 5. The first-order valence-electron chi connectivity index (χ1n) is 8.03. The molecule has 6 heteroatoms. The molecule has 1 fully saturated rings. The van der Waals surface area contributed by atoms with Crippen molar-refractivity contribution >= 4 is 5.82 Å². The molecule has 120 valence electrons. The Morgan fingerprint density at radius 1 is 1.17 bits per heavy atom. The van der Waals surface area contributed by atoms with Crippen LogP contribution in [0.2, 0.25) is 0 Å². The average molecular weight is 310 g/mol. The Bertz CT molecular complexity index is 715. The van der Waals surface area contributed by atoms with E-state index in [1.54, 1.807) is 4.68 Å². The van der Waals surface area contributed by atoms with Crippen molar-refractivity contribution in [2.75, 3.05) is 4.90 Å². The Balaban J connectivity index is 1.93. The molecule has 2 aromatic rings. The SMILES string of the molecule is Cn1nc(N(Cc2ccccc2)C2CCCC2)cc/c1=N/N=N. The molecule has 1 heterocycles. The Kier molecular flexibility index (Phi) is 4.80. The topological polar surface area (TPSA) is 69.6 Å². The fraction of sp³-hybridized carbons (Fsp3) is 0.412. The van der Waals surface area contributed by atoms with E-state index in [4.69, 9.17) is 5.53 Å². The molecule has 1 N–H and O–H groups in total. The summed E-state index contributed by atoms with van der Waals surface area (Å²) in [6.45, 7) is 0.859. The lowest BCUT2D eigenvalue weighted by molar-refractivity contribution is 0.577. The average Bonchev–Trinajstić information content (AvgIpc) is 3.10. The molecular weight excluding hydrogens is 288 g/mol. The summed E-state index contributed by atoms with van der Waals surface area (Å²) in [5.41, 5.74) is 8.74. The van der Waals surface area contributed by atoms with Crippen molar-refractivity contribution in [3.63, 3.8) is 0 Å². The first-order valence-corrected chi connectivity index (χ1v) is 8.03. The molecule has 3 rings (SSSR count). The number of aromatic nitrogens is 2. The highest BCUT2D eigenvalue weighted by Gasteiger charge is 2.24. The first kappa shape index (κ1) is 15.4. The van der Waals surface area contributed by atoms with Gasteiger partial charge in [-0.05, 0) is 30.5 Å². The highest BCUT2D eigenvalue weighted by Crippen LogP contribution is 2.28. The molecule has 1 saturated carbocycles. The van der Waals surface area contributed by atoms with Crippen molar-refractivity contribution < 1.29 is 0 Å². The van der Waals surface area contributed by atoms with Crippen LogP contribution in [0.3, 0.4) is 0 Å². The van der Waals surface area contributed by atoms with E-state index in [2.05, 4.69) is 44.6 Å². The Morgan fingerprint density at radius 2 is 1.91 bits per heavy atom. The van der Waals surface area contributed by atoms with E-state index in [0.717, 1.165) is 12.4 Å². The molecule has 0 aliphatic heterocycles. The highest BCUT2D eigenvalue weighted by molar-refractivity contribution is 5.40. The van der Waals surface area contributed by atoms with E-state index < -0.39 is 0 Å². The third-order valence-corrected chi connectivity index (χ3v) is 4.37. The fourth-order valence-corrected chi connectivity index (χ4v) is 3.19. The molecule has 23 heavy (non-hydrogen) atoms. The lowest BCUT2D eigenvalue weighted by Gasteiger charge is -2.30. The van der Waals surface area contributed by atoms with Gasteiger partial charge in [0, 0.05) is 19.6 Å². The van der Waals surface area contributed by atoms with Crippen LogP contribution >= 0.6 is 0 Å². The monoisotopic (exact) mass is 310 g/mol. The molecular formula is C17H22N6. The minimum atomic E-state index is 0.534. The smallest absolute Gasteiger partial charge is 0.173 e. The largest absolute Gasteiger partial charge is 0.348 e. The molecule has 1 aromatic heterocycles. The summed E-state index contributed by atoms with van der Waals surface area (Å²) in [7, 11) is 1.84. The number of rotatable bonds is 5. The van der Waals surface area contributed by atoms with Crippen molar-refractivity contribution in [1.29, 1.82) is 5.53 Å². The second kappa shape index (κ2) is 7.17. The minimum Gasteiger partial charge on any atom is -0.348 e. The van der Waals surface area contributed by atoms with E-state index >= 15 is 0 Å². The second-order valence-corrected chi connectivity index (χ2v) is 5.93. The van der Waals surface area contributed by atoms with Crippen LogP contribution in [0.5, 0.6) is 0 Å². The zero-order valence-electron chi connectivity index (χ0n) is 13.4. The van der Waals surface area contributed by atoms with Gasteiger partial charge in [0.25, 0.3) is 0 Å². The van der Waals surface area contributed by atoms with Crippen molar-refractivity contribution in [2.45, 2.75) is 38.3 Å². The number of hydrogen-bond donors (Lipinski definition) is 1. The molecule has 6 nitrogen and oxygen atoms in total. The number of aryl methyl sites for hydroxylation is 1. The zero-order valence-corrected chi connectivity index (χ0v) is 13.4. The van der Waals surface area contributed by atoms with Gasteiger partial charge < -0.3 is 4.90 Å². The maximum Gasteiger partial charge on any atom is 0.173 e. The van der Waals surface area contributed by atoms with Crippen molar-refractivity contribution in [3.8, 4) is 0 Å². The van der Waals surface area contributed by atoms with Crippen LogP contribution in [0.15, 0.2) is 52.8 Å². The molecule has 0 radical (unpaired) electrons. The van der Waals surface area contributed by atoms with Crippen LogP contribution in [0.25, 0.3) is 0 Å². The Labute approximate surface area is 136 Å². The van der Waals surface area contributed by atoms with Crippen LogP contribution in [0.4, 0.5) is 5.82 Å². The molecule has 1 aliphatic rings. The summed E-state index contributed by atoms with van der Waals surface area (Å²) in [4.78, 5) is 2.39. The normalized spacial score (nSPS) is 15.8. The fourth-order valence-electron chi connectivity index (χ4n) is 3.19. The lowest BCUT2D eigenvalue weighted by Crippen LogP contribution is -2.35. The number of anilines is 1. The third kappa shape index (κ3) is 3.64. The number of benzene rings is 1. The van der Waals surface area contributed by atoms with Crippen LogP contribution in [0, 0.1) is 5.53 Å². The third-order valence-electron chi connectivity index (χ3n) is 4.37. The summed E-state index contributed by atoms with van der Waals surface area (Å²) in [5.74, 6) is 0.951. The van der Waals surface area contributed by atoms with E-state index in [1.165, 1.54) is 31.2 Å². The molecule has 0 atom stereocenters. The molecule has 0 spiro atoms. The van der Waals surface area contributed by atoms with E-state index in [9.17, 15) is 0 Å². The van der Waals surface area contributed by atoms with Gasteiger partial charge in [-0.3, -0.25) is 0 Å². The zero-order chi connectivity index (χ0) is 16.1. The van der Waals surface area contributed by atoms with Gasteiger partial charge >= 0.3 is 0 Å². The number of hydrogen-bond acceptors (Lipinski definition) is 4. The predicted molar refractivity (Wildman–Crippen MR) is 88.8 cm³/mol. The molecule has 0 saturated heterocycles. The first-order chi connectivity index (χ1) is 11.3. The van der Waals surface area contributed by atoms with Gasteiger partial charge in [0.1, 0.15) is 5.82 Å². The lowest BCUT2D eigenvalue weighted by atomic mass is 10.1. The van der Waals surface area contributed by atoms with E-state index in [1.807, 2.05) is 25.2 Å². The van der Waals surface area contributed by atoms with Gasteiger partial charge in [-0.1, -0.05) is 48.4 Å². The summed E-state index contributed by atoms with van der Waals surface area (Å²) >= 11 is 0. The van der Waals surface area contributed by atoms with Crippen molar-refractivity contribution in [1.82, 2.24) is 9.78 Å². The van der Waals surface area contributed by atoms with E-state index in [0.29, 0.717) is 11.5 Å². The summed E-state index contributed by atoms with van der Waals surface area (Å²) < 4.78 is 1.68. The van der Waals surface area contributed by atoms with Crippen molar-refractivity contribution in [3.05, 3.63) is 53.5 Å². The molecule has 0 amide bonds. The summed E-state index contributed by atoms with van der Waals surface area (Å²) in [6.07, 6.45) is 5.00. The Hall–Kier alpha value is -2.50. The minimum absolute atomic E-state index is 0.534. The van der Waals surface area contributed by atoms with Crippen LogP contribution in [-0.4, -0.2) is 15.8 Å². The maximum atomic E-state index is 6.87. The predicted octanol–water partition coefficient (Wildman–Crippen LogP) is 3.22. The van der Waals surface area contributed by atoms with Gasteiger partial charge in [0.15, 0.2) is 5.49 Å². The maximum absolute atomic E-state index is 6.87. The highest BCUT2D eigenvalue weighted by atomic mass is 15.4. The number of nitrogens with one attached hydrogen (secondary N) is 1. The molecule has 0 bridgehead atoms. The van der Waals surface area contributed by atoms with Crippen LogP contribution < -0.4 is 10.4 Å². The van der Waals surface area contributed by atoms with Gasteiger partial charge in [-0.25, -0.2) is 4.68 Å². The summed E-state index contributed by atoms with van der Waals surface area (Å²) in [6, 6.07) is 14.9. The molecule has 0 unspecified atom stereocenters. The Morgan fingerprint density at radius 3 is 2.57 bits per heavy atom. The van der Waals surface area contributed by atoms with E-state index in [-0.39, 0.29) is 0 Å². The van der Waals surface area contributed by atoms with Gasteiger partial charge in [-0.2, -0.15) is 10.6 Å². The van der Waals surface area contributed by atoms with Gasteiger partial charge in [0.05, 0.1) is 0 Å². The van der Waals surface area contributed by atoms with Gasteiger partial charge in [0.2, 0.25) is 0 Å². The summed E-state index contributed by atoms with van der Waals surface area (Å²) in [5, 5.41) is 11.5. The second-order valence-electron chi connectivity index (χ2n) is 5.93. The van der Waals surface area contributed by atoms with Crippen molar-refractivity contribution in [2.24, 2.45) is 17.4 Å². The standard InChI is InChI=1S/C17H22N6/c1-22-16(19-21-18)11-12-17(20-22)23(15-9-5-6-10-15)13-14-7-3-2-4-8-14/h2-4,7-8,11-12,15,18H,5-6,9-10,13H2,1H3/b19-16-,21-18?. The van der Waals surface area contributed by atoms with Crippen LogP contribution in [-0.2, 0) is 13.6 Å². The molecule has 1 aliphatic carbocycles. The van der Waals surface area contributed by atoms with Gasteiger partial charge in [-0.15, -0.1) is 5.10 Å².